The maximum Gasteiger partial charge on any atom is 0.323 e. The number of carbonyl (C=O) groups is 3. The lowest BCUT2D eigenvalue weighted by atomic mass is 9.92. The number of hydrogen-bond donors (Lipinski definition) is 2. The van der Waals surface area contributed by atoms with E-state index < -0.39 is 48.4 Å². The van der Waals surface area contributed by atoms with Crippen LogP contribution in [0.5, 0.6) is 0 Å². The predicted octanol–water partition coefficient (Wildman–Crippen LogP) is 1.44. The second-order valence-electron chi connectivity index (χ2n) is 8.84. The van der Waals surface area contributed by atoms with Gasteiger partial charge in [0.05, 0.1) is 25.1 Å². The van der Waals surface area contributed by atoms with Crippen molar-refractivity contribution in [1.82, 2.24) is 19.9 Å². The summed E-state index contributed by atoms with van der Waals surface area (Å²) < 4.78 is 29.2. The first-order valence-corrected chi connectivity index (χ1v) is 12.5. The van der Waals surface area contributed by atoms with E-state index >= 15 is 0 Å². The number of nitriles is 1. The number of nitrogens with two attached hydrogens (primary N) is 1. The SMILES string of the molecule is CCC(=O)O[C@@H](c1ccc2c(N)ncnn12)[C@H](OC(=O)CC)C(C#N)(COCN[C@@H](C)C(=O)OC(C)C)OC. The molecule has 14 heteroatoms. The highest BCUT2D eigenvalue weighted by atomic mass is 16.6. The average molecular weight is 549 g/mol. The zero-order chi connectivity index (χ0) is 29.2. The molecule has 0 aliphatic heterocycles. The molecule has 0 fully saturated rings. The zero-order valence-electron chi connectivity index (χ0n) is 23.0. The summed E-state index contributed by atoms with van der Waals surface area (Å²) >= 11 is 0. The molecule has 0 spiro atoms. The van der Waals surface area contributed by atoms with Crippen LogP contribution < -0.4 is 11.1 Å². The number of aromatic nitrogens is 3. The molecule has 0 saturated carbocycles. The predicted molar refractivity (Wildman–Crippen MR) is 137 cm³/mol. The normalized spacial score (nSPS) is 15.1. The first-order valence-electron chi connectivity index (χ1n) is 12.5. The van der Waals surface area contributed by atoms with Crippen LogP contribution in [0.15, 0.2) is 18.5 Å². The van der Waals surface area contributed by atoms with Crippen molar-refractivity contribution in [1.29, 1.82) is 5.26 Å². The van der Waals surface area contributed by atoms with Crippen molar-refractivity contribution in [3.8, 4) is 6.07 Å². The molecule has 1 unspecified atom stereocenters. The van der Waals surface area contributed by atoms with Gasteiger partial charge in [0, 0.05) is 20.0 Å². The molecule has 0 aliphatic carbocycles. The minimum absolute atomic E-state index is 0.00267. The second-order valence-corrected chi connectivity index (χ2v) is 8.84. The van der Waals surface area contributed by atoms with Crippen LogP contribution in [-0.4, -0.2) is 76.8 Å². The minimum atomic E-state index is -1.95. The van der Waals surface area contributed by atoms with E-state index in [1.54, 1.807) is 46.8 Å². The van der Waals surface area contributed by atoms with Gasteiger partial charge in [-0.3, -0.25) is 19.7 Å². The molecule has 2 heterocycles. The summed E-state index contributed by atoms with van der Waals surface area (Å²) in [6, 6.07) is 4.50. The lowest BCUT2D eigenvalue weighted by molar-refractivity contribution is -0.197. The highest BCUT2D eigenvalue weighted by Gasteiger charge is 2.50. The van der Waals surface area contributed by atoms with Crippen LogP contribution in [0.4, 0.5) is 5.82 Å². The van der Waals surface area contributed by atoms with Crippen LogP contribution in [-0.2, 0) is 38.1 Å². The van der Waals surface area contributed by atoms with Gasteiger partial charge < -0.3 is 29.4 Å². The summed E-state index contributed by atoms with van der Waals surface area (Å²) in [6.45, 7) is 7.63. The van der Waals surface area contributed by atoms with Crippen LogP contribution in [0.2, 0.25) is 0 Å². The Labute approximate surface area is 226 Å². The first kappa shape index (κ1) is 31.4. The summed E-state index contributed by atoms with van der Waals surface area (Å²) in [5, 5.41) is 17.3. The fourth-order valence-corrected chi connectivity index (χ4v) is 3.52. The van der Waals surface area contributed by atoms with Crippen LogP contribution in [0.1, 0.15) is 59.3 Å². The third-order valence-electron chi connectivity index (χ3n) is 5.70. The van der Waals surface area contributed by atoms with Gasteiger partial charge in [-0.15, -0.1) is 0 Å². The maximum absolute atomic E-state index is 12.5. The smallest absolute Gasteiger partial charge is 0.323 e. The third kappa shape index (κ3) is 7.85. The number of nitrogen functional groups attached to an aromatic ring is 1. The second kappa shape index (κ2) is 14.4. The lowest BCUT2D eigenvalue weighted by Gasteiger charge is -2.37. The summed E-state index contributed by atoms with van der Waals surface area (Å²) in [5.41, 5.74) is 4.69. The molecule has 2 aromatic rings. The molecule has 14 nitrogen and oxygen atoms in total. The van der Waals surface area contributed by atoms with Crippen molar-refractivity contribution < 1.29 is 38.1 Å². The number of fused-ring (bicyclic) bond motifs is 1. The Balaban J connectivity index is 2.45. The molecular formula is C25H36N6O8. The van der Waals surface area contributed by atoms with E-state index in [1.807, 2.05) is 6.07 Å². The molecule has 214 valence electrons. The largest absolute Gasteiger partial charge is 0.462 e. The van der Waals surface area contributed by atoms with Gasteiger partial charge in [0.15, 0.2) is 18.0 Å². The van der Waals surface area contributed by atoms with Gasteiger partial charge >= 0.3 is 17.9 Å². The van der Waals surface area contributed by atoms with Crippen LogP contribution in [0, 0.1) is 11.3 Å². The van der Waals surface area contributed by atoms with Gasteiger partial charge in [0.25, 0.3) is 0 Å². The van der Waals surface area contributed by atoms with E-state index in [0.29, 0.717) is 5.52 Å². The van der Waals surface area contributed by atoms with Crippen LogP contribution in [0.25, 0.3) is 5.52 Å². The number of rotatable bonds is 15. The number of esters is 3. The number of nitrogens with zero attached hydrogens (tertiary/aromatic N) is 4. The summed E-state index contributed by atoms with van der Waals surface area (Å²) in [5.74, 6) is -1.61. The van der Waals surface area contributed by atoms with Gasteiger partial charge in [-0.05, 0) is 32.9 Å². The molecule has 0 saturated heterocycles. The zero-order valence-corrected chi connectivity index (χ0v) is 23.0. The molecule has 3 N–H and O–H groups in total. The summed E-state index contributed by atoms with van der Waals surface area (Å²) in [4.78, 5) is 41.1. The molecule has 0 radical (unpaired) electrons. The number of methoxy groups -OCH3 is 1. The lowest BCUT2D eigenvalue weighted by Crippen LogP contribution is -2.53. The molecular weight excluding hydrogens is 512 g/mol. The molecule has 0 bridgehead atoms. The van der Waals surface area contributed by atoms with Gasteiger partial charge in [0.2, 0.25) is 5.60 Å². The average Bonchev–Trinajstić information content (AvgIpc) is 3.35. The highest BCUT2D eigenvalue weighted by molar-refractivity contribution is 5.75. The fourth-order valence-electron chi connectivity index (χ4n) is 3.52. The number of carbonyl (C=O) groups excluding carboxylic acids is 3. The number of anilines is 1. The Bertz CT molecular complexity index is 1180. The monoisotopic (exact) mass is 548 g/mol. The summed E-state index contributed by atoms with van der Waals surface area (Å²) in [6.07, 6.45) is -1.94. The van der Waals surface area contributed by atoms with Crippen molar-refractivity contribution >= 4 is 29.2 Å². The van der Waals surface area contributed by atoms with E-state index in [-0.39, 0.29) is 37.2 Å². The van der Waals surface area contributed by atoms with Gasteiger partial charge in [-0.25, -0.2) is 9.50 Å². The van der Waals surface area contributed by atoms with Crippen LogP contribution in [0.3, 0.4) is 0 Å². The summed E-state index contributed by atoms with van der Waals surface area (Å²) in [7, 11) is 1.24. The molecule has 2 aromatic heterocycles. The van der Waals surface area contributed by atoms with E-state index in [4.69, 9.17) is 29.4 Å². The van der Waals surface area contributed by atoms with Gasteiger partial charge in [0.1, 0.15) is 24.0 Å². The molecule has 0 aromatic carbocycles. The Morgan fingerprint density at radius 3 is 2.38 bits per heavy atom. The fraction of sp³-hybridized carbons (Fsp3) is 0.600. The standard InChI is InChI=1S/C25H36N6O8/c1-7-19(32)38-21(17-9-10-18-23(27)28-13-30-31(17)18)22(39-20(33)8-2)25(11-26,35-6)12-36-14-29-16(5)24(34)37-15(3)4/h9-10,13,15-16,21-22,29H,7-8,12,14H2,1-6H3,(H2,27,28,30)/t16-,21-,22-,25?/m0/s1. The third-order valence-corrected chi connectivity index (χ3v) is 5.70. The Morgan fingerprint density at radius 2 is 1.79 bits per heavy atom. The van der Waals surface area contributed by atoms with Crippen molar-refractivity contribution in [3.05, 3.63) is 24.2 Å². The van der Waals surface area contributed by atoms with Gasteiger partial charge in [-0.2, -0.15) is 10.4 Å². The molecule has 4 atom stereocenters. The Kier molecular flexibility index (Phi) is 11.6. The van der Waals surface area contributed by atoms with Crippen LogP contribution >= 0.6 is 0 Å². The molecule has 0 amide bonds. The van der Waals surface area contributed by atoms with Gasteiger partial charge in [-0.1, -0.05) is 13.8 Å². The minimum Gasteiger partial charge on any atom is -0.462 e. The first-order chi connectivity index (χ1) is 18.5. The van der Waals surface area contributed by atoms with Crippen molar-refractivity contribution in [2.24, 2.45) is 0 Å². The Hall–Kier alpha value is -3.80. The maximum atomic E-state index is 12.5. The van der Waals surface area contributed by atoms with E-state index in [1.165, 1.54) is 18.0 Å². The van der Waals surface area contributed by atoms with Crippen molar-refractivity contribution in [3.63, 3.8) is 0 Å². The number of hydrogen-bond acceptors (Lipinski definition) is 13. The number of ether oxygens (including phenoxy) is 5. The van der Waals surface area contributed by atoms with Crippen molar-refractivity contribution in [2.45, 2.75) is 77.4 Å². The van der Waals surface area contributed by atoms with Crippen molar-refractivity contribution in [2.75, 3.05) is 26.2 Å². The number of nitrogens with one attached hydrogen (secondary N) is 1. The van der Waals surface area contributed by atoms with E-state index in [2.05, 4.69) is 15.4 Å². The topological polar surface area (TPSA) is 189 Å². The quantitative estimate of drug-likeness (QED) is 0.141. The molecule has 0 aliphatic rings. The van der Waals surface area contributed by atoms with E-state index in [0.717, 1.165) is 0 Å². The van der Waals surface area contributed by atoms with E-state index in [9.17, 15) is 19.6 Å². The Morgan fingerprint density at radius 1 is 1.13 bits per heavy atom. The highest BCUT2D eigenvalue weighted by Crippen LogP contribution is 2.35. The molecule has 39 heavy (non-hydrogen) atoms. The molecule has 2 rings (SSSR count).